The van der Waals surface area contributed by atoms with Gasteiger partial charge in [0.25, 0.3) is 5.91 Å². The van der Waals surface area contributed by atoms with E-state index in [4.69, 9.17) is 5.26 Å². The Morgan fingerprint density at radius 3 is 2.78 bits per heavy atom. The number of nitriles is 1. The Bertz CT molecular complexity index is 734. The third-order valence-corrected chi connectivity index (χ3v) is 4.57. The van der Waals surface area contributed by atoms with Crippen LogP contribution in [-0.2, 0) is 5.75 Å². The van der Waals surface area contributed by atoms with Crippen LogP contribution in [0.15, 0.2) is 42.5 Å². The molecule has 0 heterocycles. The molecule has 3 nitrogen and oxygen atoms in total. The van der Waals surface area contributed by atoms with Crippen molar-refractivity contribution in [2.24, 2.45) is 0 Å². The van der Waals surface area contributed by atoms with Gasteiger partial charge in [0.1, 0.15) is 0 Å². The van der Waals surface area contributed by atoms with Crippen molar-refractivity contribution >= 4 is 17.7 Å². The summed E-state index contributed by atoms with van der Waals surface area (Å²) in [5, 5.41) is 12.0. The average molecular weight is 324 g/mol. The molecule has 118 valence electrons. The van der Waals surface area contributed by atoms with E-state index < -0.39 is 0 Å². The zero-order valence-corrected chi connectivity index (χ0v) is 14.2. The van der Waals surface area contributed by atoms with Crippen molar-refractivity contribution in [3.63, 3.8) is 0 Å². The van der Waals surface area contributed by atoms with E-state index in [-0.39, 0.29) is 5.91 Å². The van der Waals surface area contributed by atoms with Crippen molar-refractivity contribution in [3.8, 4) is 6.07 Å². The summed E-state index contributed by atoms with van der Waals surface area (Å²) in [4.78, 5) is 12.2. The third-order valence-electron chi connectivity index (χ3n) is 3.57. The Labute approximate surface area is 141 Å². The Balaban J connectivity index is 1.78. The number of amides is 1. The molecule has 0 fully saturated rings. The highest BCUT2D eigenvalue weighted by atomic mass is 32.2. The van der Waals surface area contributed by atoms with Crippen LogP contribution in [0.4, 0.5) is 0 Å². The van der Waals surface area contributed by atoms with Crippen molar-refractivity contribution in [3.05, 3.63) is 70.3 Å². The van der Waals surface area contributed by atoms with Crippen LogP contribution >= 0.6 is 11.8 Å². The number of aryl methyl sites for hydroxylation is 2. The van der Waals surface area contributed by atoms with Gasteiger partial charge in [0, 0.05) is 23.6 Å². The summed E-state index contributed by atoms with van der Waals surface area (Å²) in [6, 6.07) is 15.7. The summed E-state index contributed by atoms with van der Waals surface area (Å²) < 4.78 is 0. The van der Waals surface area contributed by atoms with E-state index in [0.29, 0.717) is 6.54 Å². The molecular formula is C19H20N2OS. The van der Waals surface area contributed by atoms with E-state index >= 15 is 0 Å². The average Bonchev–Trinajstić information content (AvgIpc) is 2.57. The zero-order valence-electron chi connectivity index (χ0n) is 13.4. The van der Waals surface area contributed by atoms with Gasteiger partial charge in [-0.2, -0.15) is 17.0 Å². The van der Waals surface area contributed by atoms with Crippen molar-refractivity contribution in [2.75, 3.05) is 12.3 Å². The fraction of sp³-hybridized carbons (Fsp3) is 0.263. The normalized spacial score (nSPS) is 10.1. The molecule has 2 rings (SSSR count). The monoisotopic (exact) mass is 324 g/mol. The van der Waals surface area contributed by atoms with Gasteiger partial charge in [-0.3, -0.25) is 4.79 Å². The second kappa shape index (κ2) is 8.40. The summed E-state index contributed by atoms with van der Waals surface area (Å²) >= 11 is 1.71. The first-order valence-corrected chi connectivity index (χ1v) is 8.68. The number of carbonyl (C=O) groups is 1. The van der Waals surface area contributed by atoms with Gasteiger partial charge < -0.3 is 5.32 Å². The minimum Gasteiger partial charge on any atom is -0.351 e. The predicted molar refractivity (Wildman–Crippen MR) is 95.6 cm³/mol. The zero-order chi connectivity index (χ0) is 16.7. The maximum absolute atomic E-state index is 12.2. The van der Waals surface area contributed by atoms with Crippen LogP contribution in [0.1, 0.15) is 32.6 Å². The molecule has 0 aliphatic carbocycles. The molecule has 2 aromatic carbocycles. The Morgan fingerprint density at radius 1 is 1.22 bits per heavy atom. The quantitative estimate of drug-likeness (QED) is 0.821. The number of carbonyl (C=O) groups excluding carboxylic acids is 1. The highest BCUT2D eigenvalue weighted by molar-refractivity contribution is 7.98. The second-order valence-electron chi connectivity index (χ2n) is 5.40. The predicted octanol–water partition coefficient (Wildman–Crippen LogP) is 3.84. The molecule has 23 heavy (non-hydrogen) atoms. The number of benzene rings is 2. The van der Waals surface area contributed by atoms with Gasteiger partial charge in [0.15, 0.2) is 0 Å². The number of hydrogen-bond donors (Lipinski definition) is 1. The third kappa shape index (κ3) is 4.87. The fourth-order valence-electron chi connectivity index (χ4n) is 2.25. The van der Waals surface area contributed by atoms with Gasteiger partial charge in [-0.15, -0.1) is 0 Å². The van der Waals surface area contributed by atoms with E-state index in [9.17, 15) is 4.79 Å². The van der Waals surface area contributed by atoms with E-state index in [1.165, 1.54) is 0 Å². The first kappa shape index (κ1) is 17.1. The lowest BCUT2D eigenvalue weighted by atomic mass is 10.1. The largest absolute Gasteiger partial charge is 0.351 e. The number of nitrogens with zero attached hydrogens (tertiary/aromatic N) is 1. The fourth-order valence-corrected chi connectivity index (χ4v) is 3.11. The first-order valence-electron chi connectivity index (χ1n) is 7.53. The summed E-state index contributed by atoms with van der Waals surface area (Å²) in [7, 11) is 0. The minimum absolute atomic E-state index is 0.0239. The molecule has 4 heteroatoms. The minimum atomic E-state index is -0.0239. The van der Waals surface area contributed by atoms with Gasteiger partial charge in [-0.1, -0.05) is 35.9 Å². The van der Waals surface area contributed by atoms with Crippen LogP contribution < -0.4 is 5.32 Å². The van der Waals surface area contributed by atoms with Gasteiger partial charge in [-0.05, 0) is 37.1 Å². The highest BCUT2D eigenvalue weighted by Crippen LogP contribution is 2.15. The lowest BCUT2D eigenvalue weighted by Crippen LogP contribution is -2.26. The van der Waals surface area contributed by atoms with Crippen molar-refractivity contribution in [2.45, 2.75) is 19.6 Å². The lowest BCUT2D eigenvalue weighted by Gasteiger charge is -2.09. The Hall–Kier alpha value is -2.25. The molecule has 0 saturated heterocycles. The van der Waals surface area contributed by atoms with E-state index in [2.05, 4.69) is 11.4 Å². The van der Waals surface area contributed by atoms with Gasteiger partial charge >= 0.3 is 0 Å². The van der Waals surface area contributed by atoms with Gasteiger partial charge in [0.2, 0.25) is 0 Å². The van der Waals surface area contributed by atoms with Crippen LogP contribution in [0.5, 0.6) is 0 Å². The summed E-state index contributed by atoms with van der Waals surface area (Å²) in [6.07, 6.45) is 0. The Kier molecular flexibility index (Phi) is 6.25. The molecule has 0 bridgehead atoms. The molecule has 2 aromatic rings. The molecular weight excluding hydrogens is 304 g/mol. The standard InChI is InChI=1S/C19H20N2OS/c1-14-7-8-15(2)18(11-14)19(22)21-9-10-23-13-17-6-4-3-5-16(17)12-20/h3-8,11H,9-10,13H2,1-2H3,(H,21,22). The first-order chi connectivity index (χ1) is 11.1. The smallest absolute Gasteiger partial charge is 0.251 e. The molecule has 0 aliphatic heterocycles. The van der Waals surface area contributed by atoms with Crippen LogP contribution in [0.25, 0.3) is 0 Å². The number of rotatable bonds is 6. The summed E-state index contributed by atoms with van der Waals surface area (Å²) in [5.74, 6) is 1.57. The molecule has 0 saturated carbocycles. The van der Waals surface area contributed by atoms with Crippen LogP contribution in [0.2, 0.25) is 0 Å². The van der Waals surface area contributed by atoms with Crippen LogP contribution in [0.3, 0.4) is 0 Å². The van der Waals surface area contributed by atoms with E-state index in [1.54, 1.807) is 11.8 Å². The summed E-state index contributed by atoms with van der Waals surface area (Å²) in [5.41, 5.74) is 4.58. The summed E-state index contributed by atoms with van der Waals surface area (Å²) in [6.45, 7) is 4.55. The maximum atomic E-state index is 12.2. The maximum Gasteiger partial charge on any atom is 0.251 e. The molecule has 0 unspecified atom stereocenters. The SMILES string of the molecule is Cc1ccc(C)c(C(=O)NCCSCc2ccccc2C#N)c1. The molecule has 0 radical (unpaired) electrons. The lowest BCUT2D eigenvalue weighted by molar-refractivity contribution is 0.0955. The number of thioether (sulfide) groups is 1. The molecule has 0 aromatic heterocycles. The number of nitrogens with one attached hydrogen (secondary N) is 1. The van der Waals surface area contributed by atoms with Gasteiger partial charge in [-0.25, -0.2) is 0 Å². The van der Waals surface area contributed by atoms with Crippen molar-refractivity contribution < 1.29 is 4.79 Å². The van der Waals surface area contributed by atoms with Crippen LogP contribution in [-0.4, -0.2) is 18.2 Å². The van der Waals surface area contributed by atoms with E-state index in [1.807, 2.05) is 56.3 Å². The molecule has 0 atom stereocenters. The van der Waals surface area contributed by atoms with Gasteiger partial charge in [0.05, 0.1) is 11.6 Å². The molecule has 0 spiro atoms. The molecule has 0 aliphatic rings. The van der Waals surface area contributed by atoms with E-state index in [0.717, 1.165) is 39.3 Å². The topological polar surface area (TPSA) is 52.9 Å². The van der Waals surface area contributed by atoms with Crippen molar-refractivity contribution in [1.29, 1.82) is 5.26 Å². The Morgan fingerprint density at radius 2 is 2.00 bits per heavy atom. The highest BCUT2D eigenvalue weighted by Gasteiger charge is 2.08. The molecule has 1 amide bonds. The number of hydrogen-bond acceptors (Lipinski definition) is 3. The van der Waals surface area contributed by atoms with Crippen LogP contribution in [0, 0.1) is 25.2 Å². The van der Waals surface area contributed by atoms with Crippen molar-refractivity contribution in [1.82, 2.24) is 5.32 Å². The molecule has 1 N–H and O–H groups in total. The second-order valence-corrected chi connectivity index (χ2v) is 6.50.